The number of carbonyl (C=O) groups is 1. The second kappa shape index (κ2) is 8.49. The molecule has 0 aromatic carbocycles. The van der Waals surface area contributed by atoms with Crippen molar-refractivity contribution in [3.8, 4) is 0 Å². The highest BCUT2D eigenvalue weighted by Gasteiger charge is 2.14. The van der Waals surface area contributed by atoms with Gasteiger partial charge in [-0.3, -0.25) is 4.79 Å². The minimum absolute atomic E-state index is 0.0606. The van der Waals surface area contributed by atoms with E-state index in [2.05, 4.69) is 30.9 Å². The van der Waals surface area contributed by atoms with Crippen molar-refractivity contribution in [1.29, 1.82) is 0 Å². The minimum Gasteiger partial charge on any atom is -0.383 e. The molecule has 0 spiro atoms. The Morgan fingerprint density at radius 3 is 2.70 bits per heavy atom. The van der Waals surface area contributed by atoms with Gasteiger partial charge in [0.15, 0.2) is 0 Å². The molecule has 1 unspecified atom stereocenters. The summed E-state index contributed by atoms with van der Waals surface area (Å²) in [5.74, 6) is 0.431. The van der Waals surface area contributed by atoms with Crippen LogP contribution in [-0.2, 0) is 9.53 Å². The molecule has 1 heterocycles. The predicted octanol–water partition coefficient (Wildman–Crippen LogP) is 0.520. The number of methoxy groups -OCH3 is 1. The first kappa shape index (κ1) is 16.4. The molecule has 9 heteroatoms. The van der Waals surface area contributed by atoms with Gasteiger partial charge in [-0.2, -0.15) is 15.0 Å². The van der Waals surface area contributed by atoms with Gasteiger partial charge in [0.2, 0.25) is 23.1 Å². The number of ether oxygens (including phenoxy) is 1. The van der Waals surface area contributed by atoms with Crippen molar-refractivity contribution in [2.45, 2.75) is 19.9 Å². The van der Waals surface area contributed by atoms with E-state index in [9.17, 15) is 4.79 Å². The van der Waals surface area contributed by atoms with E-state index in [1.54, 1.807) is 14.0 Å². The first-order valence-corrected chi connectivity index (χ1v) is 6.63. The van der Waals surface area contributed by atoms with Gasteiger partial charge in [0.25, 0.3) is 0 Å². The van der Waals surface area contributed by atoms with Crippen molar-refractivity contribution in [3.05, 3.63) is 5.28 Å². The van der Waals surface area contributed by atoms with Gasteiger partial charge >= 0.3 is 0 Å². The topological polar surface area (TPSA) is 101 Å². The SMILES string of the molecule is CCNc1nc(Cl)nc(NC(C)C(=O)NCCOC)n1. The molecule has 1 rings (SSSR count). The molecule has 0 aliphatic heterocycles. The summed E-state index contributed by atoms with van der Waals surface area (Å²) in [6.45, 7) is 5.18. The number of hydrogen-bond donors (Lipinski definition) is 3. The Morgan fingerprint density at radius 2 is 2.05 bits per heavy atom. The number of nitrogens with one attached hydrogen (secondary N) is 3. The van der Waals surface area contributed by atoms with E-state index in [-0.39, 0.29) is 17.1 Å². The average molecular weight is 303 g/mol. The molecule has 1 aromatic rings. The maximum Gasteiger partial charge on any atom is 0.242 e. The zero-order valence-electron chi connectivity index (χ0n) is 11.7. The van der Waals surface area contributed by atoms with Crippen LogP contribution in [0.1, 0.15) is 13.8 Å². The van der Waals surface area contributed by atoms with Crippen LogP contribution in [-0.4, -0.2) is 53.7 Å². The smallest absolute Gasteiger partial charge is 0.242 e. The number of rotatable bonds is 8. The Balaban J connectivity index is 2.60. The van der Waals surface area contributed by atoms with E-state index in [4.69, 9.17) is 16.3 Å². The van der Waals surface area contributed by atoms with Crippen LogP contribution in [0, 0.1) is 0 Å². The van der Waals surface area contributed by atoms with Crippen LogP contribution in [0.5, 0.6) is 0 Å². The number of amides is 1. The molecule has 1 atom stereocenters. The molecule has 0 fully saturated rings. The highest BCUT2D eigenvalue weighted by Crippen LogP contribution is 2.10. The van der Waals surface area contributed by atoms with E-state index in [1.165, 1.54) is 0 Å². The fourth-order valence-corrected chi connectivity index (χ4v) is 1.50. The molecule has 3 N–H and O–H groups in total. The Kier molecular flexibility index (Phi) is 6.96. The standard InChI is InChI=1S/C11H19ClN6O2/c1-4-13-10-16-9(12)17-11(18-10)15-7(2)8(19)14-5-6-20-3/h7H,4-6H2,1-3H3,(H,14,19)(H2,13,15,16,17,18). The summed E-state index contributed by atoms with van der Waals surface area (Å²) >= 11 is 5.79. The van der Waals surface area contributed by atoms with E-state index < -0.39 is 6.04 Å². The third-order valence-corrected chi connectivity index (χ3v) is 2.46. The summed E-state index contributed by atoms with van der Waals surface area (Å²) in [4.78, 5) is 23.7. The number of carbonyl (C=O) groups excluding carboxylic acids is 1. The molecule has 0 saturated heterocycles. The molecule has 20 heavy (non-hydrogen) atoms. The Bertz CT molecular complexity index is 445. The van der Waals surface area contributed by atoms with Crippen LogP contribution < -0.4 is 16.0 Å². The molecule has 0 aliphatic carbocycles. The number of nitrogens with zero attached hydrogens (tertiary/aromatic N) is 3. The van der Waals surface area contributed by atoms with Gasteiger partial charge < -0.3 is 20.7 Å². The normalized spacial score (nSPS) is 11.8. The van der Waals surface area contributed by atoms with Crippen molar-refractivity contribution in [3.63, 3.8) is 0 Å². The second-order valence-corrected chi connectivity index (χ2v) is 4.27. The van der Waals surface area contributed by atoms with E-state index in [1.807, 2.05) is 6.92 Å². The summed E-state index contributed by atoms with van der Waals surface area (Å²) in [7, 11) is 1.57. The zero-order valence-corrected chi connectivity index (χ0v) is 12.5. The van der Waals surface area contributed by atoms with Gasteiger partial charge in [0.05, 0.1) is 6.61 Å². The lowest BCUT2D eigenvalue weighted by atomic mass is 10.3. The molecule has 0 radical (unpaired) electrons. The van der Waals surface area contributed by atoms with Gasteiger partial charge in [-0.15, -0.1) is 0 Å². The lowest BCUT2D eigenvalue weighted by molar-refractivity contribution is -0.121. The first-order chi connectivity index (χ1) is 9.56. The van der Waals surface area contributed by atoms with E-state index in [0.29, 0.717) is 25.6 Å². The summed E-state index contributed by atoms with van der Waals surface area (Å²) < 4.78 is 4.85. The number of hydrogen-bond acceptors (Lipinski definition) is 7. The molecular weight excluding hydrogens is 284 g/mol. The van der Waals surface area contributed by atoms with Crippen molar-refractivity contribution < 1.29 is 9.53 Å². The predicted molar refractivity (Wildman–Crippen MR) is 77.0 cm³/mol. The minimum atomic E-state index is -0.500. The lowest BCUT2D eigenvalue weighted by Crippen LogP contribution is -2.39. The van der Waals surface area contributed by atoms with Crippen LogP contribution in [0.4, 0.5) is 11.9 Å². The van der Waals surface area contributed by atoms with Crippen molar-refractivity contribution in [2.24, 2.45) is 0 Å². The van der Waals surface area contributed by atoms with Crippen molar-refractivity contribution >= 4 is 29.4 Å². The number of anilines is 2. The van der Waals surface area contributed by atoms with Crippen LogP contribution >= 0.6 is 11.6 Å². The molecule has 1 amide bonds. The monoisotopic (exact) mass is 302 g/mol. The summed E-state index contributed by atoms with van der Waals surface area (Å²) in [5, 5.41) is 8.57. The quantitative estimate of drug-likeness (QED) is 0.602. The first-order valence-electron chi connectivity index (χ1n) is 6.25. The molecule has 1 aromatic heterocycles. The molecule has 0 bridgehead atoms. The molecule has 112 valence electrons. The van der Waals surface area contributed by atoms with Gasteiger partial charge in [-0.05, 0) is 25.4 Å². The summed E-state index contributed by atoms with van der Waals surface area (Å²) in [6, 6.07) is -0.500. The summed E-state index contributed by atoms with van der Waals surface area (Å²) in [6.07, 6.45) is 0. The lowest BCUT2D eigenvalue weighted by Gasteiger charge is -2.14. The third-order valence-electron chi connectivity index (χ3n) is 2.29. The Hall–Kier alpha value is -1.67. The number of halogens is 1. The Morgan fingerprint density at radius 1 is 1.35 bits per heavy atom. The molecule has 0 aliphatic rings. The summed E-state index contributed by atoms with van der Waals surface area (Å²) in [5.41, 5.74) is 0. The average Bonchev–Trinajstić information content (AvgIpc) is 2.38. The van der Waals surface area contributed by atoms with Gasteiger partial charge in [0.1, 0.15) is 6.04 Å². The fraction of sp³-hybridized carbons (Fsp3) is 0.636. The van der Waals surface area contributed by atoms with Crippen LogP contribution in [0.3, 0.4) is 0 Å². The molecule has 8 nitrogen and oxygen atoms in total. The maximum absolute atomic E-state index is 11.8. The van der Waals surface area contributed by atoms with E-state index in [0.717, 1.165) is 0 Å². The molecule has 0 saturated carbocycles. The third kappa shape index (κ3) is 5.54. The van der Waals surface area contributed by atoms with Gasteiger partial charge in [-0.1, -0.05) is 0 Å². The van der Waals surface area contributed by atoms with Gasteiger partial charge in [0, 0.05) is 20.2 Å². The molecular formula is C11H19ClN6O2. The second-order valence-electron chi connectivity index (χ2n) is 3.93. The van der Waals surface area contributed by atoms with E-state index >= 15 is 0 Å². The number of aromatic nitrogens is 3. The highest BCUT2D eigenvalue weighted by atomic mass is 35.5. The Labute approximate surface area is 122 Å². The maximum atomic E-state index is 11.8. The van der Waals surface area contributed by atoms with Crippen molar-refractivity contribution in [2.75, 3.05) is 37.4 Å². The van der Waals surface area contributed by atoms with Gasteiger partial charge in [-0.25, -0.2) is 0 Å². The van der Waals surface area contributed by atoms with Crippen LogP contribution in [0.2, 0.25) is 5.28 Å². The van der Waals surface area contributed by atoms with Crippen molar-refractivity contribution in [1.82, 2.24) is 20.3 Å². The zero-order chi connectivity index (χ0) is 15.0. The highest BCUT2D eigenvalue weighted by molar-refractivity contribution is 6.28. The fourth-order valence-electron chi connectivity index (χ4n) is 1.34. The van der Waals surface area contributed by atoms with Crippen LogP contribution in [0.15, 0.2) is 0 Å². The largest absolute Gasteiger partial charge is 0.383 e. The van der Waals surface area contributed by atoms with Crippen LogP contribution in [0.25, 0.3) is 0 Å².